The molecule has 105 heavy (non-hydrogen) atoms. The summed E-state index contributed by atoms with van der Waals surface area (Å²) < 4.78 is 76.7. The Kier molecular flexibility index (Phi) is 19.3. The number of nitriles is 3. The molecule has 0 aliphatic rings. The second kappa shape index (κ2) is 29.7. The summed E-state index contributed by atoms with van der Waals surface area (Å²) in [6, 6.07) is 31.8. The van der Waals surface area contributed by atoms with Crippen molar-refractivity contribution in [1.82, 2.24) is 98.9 Å². The van der Waals surface area contributed by atoms with E-state index in [9.17, 15) is 27.2 Å². The Balaban J connectivity index is 0.000000124. The number of fused-ring (bicyclic) bond motifs is 4. The van der Waals surface area contributed by atoms with Crippen LogP contribution in [0.25, 0.3) is 66.4 Å². The van der Waals surface area contributed by atoms with E-state index < -0.39 is 29.1 Å². The van der Waals surface area contributed by atoms with Crippen LogP contribution in [0, 0.1) is 63.1 Å². The first-order chi connectivity index (χ1) is 50.9. The van der Waals surface area contributed by atoms with Crippen molar-refractivity contribution >= 4 is 137 Å². The summed E-state index contributed by atoms with van der Waals surface area (Å²) >= 11 is 12.5. The van der Waals surface area contributed by atoms with Gasteiger partial charge in [0.2, 0.25) is 0 Å². The molecule has 0 saturated carbocycles. The van der Waals surface area contributed by atoms with Gasteiger partial charge < -0.3 is 44.2 Å². The minimum Gasteiger partial charge on any atom is -0.384 e. The molecule has 16 rings (SSSR count). The van der Waals surface area contributed by atoms with Crippen molar-refractivity contribution in [3.05, 3.63) is 240 Å². The summed E-state index contributed by atoms with van der Waals surface area (Å²) in [5.74, 6) is 1.01. The summed E-state index contributed by atoms with van der Waals surface area (Å²) in [4.78, 5) is 48.5. The molecule has 31 nitrogen and oxygen atoms in total. The molecule has 0 radical (unpaired) electrons. The lowest BCUT2D eigenvalue weighted by Gasteiger charge is -2.09. The molecule has 0 amide bonds. The maximum atomic E-state index is 14.5. The lowest BCUT2D eigenvalue weighted by molar-refractivity contribution is 0.562. The van der Waals surface area contributed by atoms with E-state index in [1.807, 2.05) is 6.07 Å². The Bertz CT molecular complexity index is 5890. The van der Waals surface area contributed by atoms with Crippen LogP contribution in [-0.2, 0) is 0 Å². The van der Waals surface area contributed by atoms with Crippen molar-refractivity contribution in [2.75, 3.05) is 44.2 Å². The van der Waals surface area contributed by atoms with Gasteiger partial charge in [0.15, 0.2) is 29.1 Å². The fourth-order valence-electron chi connectivity index (χ4n) is 10.1. The zero-order valence-corrected chi connectivity index (χ0v) is 54.6. The second-order valence-electron chi connectivity index (χ2n) is 21.7. The smallest absolute Gasteiger partial charge is 0.153 e. The van der Waals surface area contributed by atoms with E-state index in [4.69, 9.17) is 56.7 Å². The number of benzene rings is 4. The molecular weight excluding hydrogens is 1400 g/mol. The standard InChI is InChI=1S/C17H10ClFN8.C17H11ClN8.C17H10F2N8.C16H11F2N7/c18-11-1-9(5-20)2-12(19)17(11)27-13-3-15(22-6-10(13)7-25-27)26-16-4-14(21)23-8-24-16;18-12-3-1-2-10(6-19)17(12)26-13-4-15(21-7-11(13)8-24-26)25-16-5-14(20)22-9-23-16;18-11-1-9(5-20)2-12(19)17(11)27-13-3-15(22-6-10(13)7-25-27)26-16-4-14(21)23-8-24-16;17-10-2-1-3-11(18)16(10)25-12-4-14(20-6-9(12)7-23-25)24-15-5-13(19)21-8-22-15/h1-4,6-8H,(H3,21,22,23,24,26);1-5,7-9H,(H3,20,21,22,23,25);1-4,6-8H,(H3,21,22,23,24,26);1-8H,(H3,19,20,21,22,24). The van der Waals surface area contributed by atoms with Gasteiger partial charge >= 0.3 is 0 Å². The predicted molar refractivity (Wildman–Crippen MR) is 378 cm³/mol. The zero-order valence-electron chi connectivity index (χ0n) is 53.1. The van der Waals surface area contributed by atoms with E-state index in [0.717, 1.165) is 33.8 Å². The molecule has 0 saturated heterocycles. The van der Waals surface area contributed by atoms with Gasteiger partial charge in [-0.1, -0.05) is 35.3 Å². The molecule has 4 aromatic carbocycles. The molecule has 16 aromatic rings. The largest absolute Gasteiger partial charge is 0.384 e. The number of nitrogens with two attached hydrogens (primary N) is 4. The third kappa shape index (κ3) is 15.0. The molecule has 12 aromatic heterocycles. The van der Waals surface area contributed by atoms with Crippen LogP contribution in [0.15, 0.2) is 184 Å². The topological polar surface area (TPSA) is 450 Å². The summed E-state index contributed by atoms with van der Waals surface area (Å²) in [5.41, 5.74) is 25.1. The molecule has 12 N–H and O–H groups in total. The lowest BCUT2D eigenvalue weighted by atomic mass is 10.2. The van der Waals surface area contributed by atoms with Crippen LogP contribution in [0.2, 0.25) is 10.0 Å². The Morgan fingerprint density at radius 2 is 0.619 bits per heavy atom. The zero-order chi connectivity index (χ0) is 73.4. The molecule has 0 unspecified atom stereocenters. The van der Waals surface area contributed by atoms with Gasteiger partial charge in [0.25, 0.3) is 0 Å². The maximum Gasteiger partial charge on any atom is 0.153 e. The van der Waals surface area contributed by atoms with Gasteiger partial charge in [0.1, 0.15) is 124 Å². The number of anilines is 12. The highest BCUT2D eigenvalue weighted by Gasteiger charge is 2.21. The minimum absolute atomic E-state index is 0.0501. The molecule has 0 spiro atoms. The Morgan fingerprint density at radius 3 is 0.952 bits per heavy atom. The lowest BCUT2D eigenvalue weighted by Crippen LogP contribution is -2.04. The van der Waals surface area contributed by atoms with Crippen molar-refractivity contribution in [1.29, 1.82) is 15.8 Å². The third-order valence-corrected chi connectivity index (χ3v) is 15.4. The molecule has 0 bridgehead atoms. The molecule has 0 aliphatic carbocycles. The number of hydrogen-bond donors (Lipinski definition) is 8. The van der Waals surface area contributed by atoms with E-state index in [2.05, 4.69) is 108 Å². The van der Waals surface area contributed by atoms with E-state index in [1.165, 1.54) is 83.6 Å². The van der Waals surface area contributed by atoms with Crippen molar-refractivity contribution in [2.24, 2.45) is 0 Å². The summed E-state index contributed by atoms with van der Waals surface area (Å²) in [7, 11) is 0. The van der Waals surface area contributed by atoms with Crippen molar-refractivity contribution < 1.29 is 22.0 Å². The van der Waals surface area contributed by atoms with E-state index in [-0.39, 0.29) is 39.0 Å². The third-order valence-electron chi connectivity index (χ3n) is 14.8. The van der Waals surface area contributed by atoms with E-state index in [1.54, 1.807) is 102 Å². The first-order valence-corrected chi connectivity index (χ1v) is 30.8. The second-order valence-corrected chi connectivity index (χ2v) is 22.5. The van der Waals surface area contributed by atoms with Crippen LogP contribution < -0.4 is 44.2 Å². The van der Waals surface area contributed by atoms with Crippen LogP contribution >= 0.6 is 23.2 Å². The van der Waals surface area contributed by atoms with Gasteiger partial charge in [-0.15, -0.1) is 0 Å². The number of nitrogens with one attached hydrogen (secondary N) is 4. The molecule has 514 valence electrons. The van der Waals surface area contributed by atoms with Crippen LogP contribution in [0.4, 0.5) is 91.8 Å². The molecule has 38 heteroatoms. The Morgan fingerprint density at radius 1 is 0.314 bits per heavy atom. The monoisotopic (exact) mass is 1450 g/mol. The van der Waals surface area contributed by atoms with Crippen LogP contribution in [0.5, 0.6) is 0 Å². The molecular formula is C67H42Cl2F5N31. The van der Waals surface area contributed by atoms with Crippen LogP contribution in [0.1, 0.15) is 16.7 Å². The minimum atomic E-state index is -0.897. The first kappa shape index (κ1) is 68.3. The average molecular weight is 1450 g/mol. The number of hydrogen-bond acceptors (Lipinski definition) is 27. The van der Waals surface area contributed by atoms with E-state index >= 15 is 0 Å². The van der Waals surface area contributed by atoms with Gasteiger partial charge in [0.05, 0.1) is 85.7 Å². The van der Waals surface area contributed by atoms with Gasteiger partial charge in [0, 0.05) is 94.9 Å². The number of nitrogen functional groups attached to an aromatic ring is 4. The summed E-state index contributed by atoms with van der Waals surface area (Å²) in [6.45, 7) is 0. The number of rotatable bonds is 12. The first-order valence-electron chi connectivity index (χ1n) is 30.0. The van der Waals surface area contributed by atoms with Gasteiger partial charge in [-0.3, -0.25) is 0 Å². The highest BCUT2D eigenvalue weighted by molar-refractivity contribution is 6.33. The quantitative estimate of drug-likeness (QED) is 0.0527. The highest BCUT2D eigenvalue weighted by Crippen LogP contribution is 2.33. The summed E-state index contributed by atoms with van der Waals surface area (Å²) in [5, 5.41) is 59.0. The van der Waals surface area contributed by atoms with Crippen LogP contribution in [-0.4, -0.2) is 98.9 Å². The van der Waals surface area contributed by atoms with Gasteiger partial charge in [-0.05, 0) is 48.5 Å². The SMILES string of the molecule is N#Cc1cc(F)c(-n2ncc3cnc(Nc4cc(N)ncn4)cc32)c(Cl)c1.N#Cc1cc(F)c(-n2ncc3cnc(Nc4cc(N)ncn4)cc32)c(F)c1.N#Cc1cccc(Cl)c1-n1ncc2cnc(Nc3cc(N)ncn3)cc21.Nc1cc(Nc2cc3c(cn2)cnn3-c2c(F)cccc2F)ncn1. The predicted octanol–water partition coefficient (Wildman–Crippen LogP) is 11.8. The highest BCUT2D eigenvalue weighted by atomic mass is 35.5. The fourth-order valence-corrected chi connectivity index (χ4v) is 10.7. The number of halogens is 7. The molecule has 0 aliphatic heterocycles. The molecule has 12 heterocycles. The number of pyridine rings is 4. The normalized spacial score (nSPS) is 10.7. The molecule has 0 atom stereocenters. The molecule has 0 fully saturated rings. The van der Waals surface area contributed by atoms with Crippen molar-refractivity contribution in [3.63, 3.8) is 0 Å². The van der Waals surface area contributed by atoms with Crippen molar-refractivity contribution in [3.8, 4) is 41.0 Å². The number of aromatic nitrogens is 20. The maximum absolute atomic E-state index is 14.5. The van der Waals surface area contributed by atoms with Crippen molar-refractivity contribution in [2.45, 2.75) is 0 Å². The summed E-state index contributed by atoms with van der Waals surface area (Å²) in [6.07, 6.45) is 17.7. The Labute approximate surface area is 595 Å². The van der Waals surface area contributed by atoms with Gasteiger partial charge in [-0.25, -0.2) is 100 Å². The average Bonchev–Trinajstić information content (AvgIpc) is 1.65. The Hall–Kier alpha value is -15.2. The number of nitrogens with zero attached hydrogens (tertiary/aromatic N) is 23. The van der Waals surface area contributed by atoms with Gasteiger partial charge in [-0.2, -0.15) is 36.2 Å². The fraction of sp³-hybridized carbons (Fsp3) is 0. The van der Waals surface area contributed by atoms with Crippen LogP contribution in [0.3, 0.4) is 0 Å². The van der Waals surface area contributed by atoms with E-state index in [0.29, 0.717) is 113 Å². The number of para-hydroxylation sites is 2.